The van der Waals surface area contributed by atoms with Crippen LogP contribution in [-0.2, 0) is 16.0 Å². The molecule has 1 N–H and O–H groups in total. The van der Waals surface area contributed by atoms with Crippen molar-refractivity contribution in [3.8, 4) is 11.1 Å². The van der Waals surface area contributed by atoms with Gasteiger partial charge in [-0.25, -0.2) is 9.18 Å². The number of benzene rings is 2. The van der Waals surface area contributed by atoms with Gasteiger partial charge in [-0.1, -0.05) is 18.2 Å². The Morgan fingerprint density at radius 3 is 2.55 bits per heavy atom. The number of aromatic nitrogens is 2. The molecule has 1 saturated heterocycles. The predicted octanol–water partition coefficient (Wildman–Crippen LogP) is 3.72. The number of hydrogen-bond acceptors (Lipinski definition) is 4. The molecule has 3 heterocycles. The van der Waals surface area contributed by atoms with Crippen molar-refractivity contribution in [2.24, 2.45) is 0 Å². The highest BCUT2D eigenvalue weighted by atomic mass is 19.1. The van der Waals surface area contributed by atoms with Gasteiger partial charge in [0.25, 0.3) is 0 Å². The van der Waals surface area contributed by atoms with Crippen LogP contribution in [0.5, 0.6) is 0 Å². The molecule has 0 spiro atoms. The van der Waals surface area contributed by atoms with Crippen LogP contribution in [0.3, 0.4) is 0 Å². The fourth-order valence-electron chi connectivity index (χ4n) is 4.29. The summed E-state index contributed by atoms with van der Waals surface area (Å²) in [5, 5.41) is 14.2. The first-order chi connectivity index (χ1) is 15.9. The highest BCUT2D eigenvalue weighted by molar-refractivity contribution is 6.04. The monoisotopic (exact) mass is 450 g/mol. The Morgan fingerprint density at radius 2 is 1.88 bits per heavy atom. The number of nitrogens with zero attached hydrogens (tertiary/aromatic N) is 4. The Balaban J connectivity index is 1.48. The largest absolute Gasteiger partial charge is 0.465 e. The molecule has 1 unspecified atom stereocenters. The Hall–Kier alpha value is -3.72. The number of rotatable bonds is 4. The summed E-state index contributed by atoms with van der Waals surface area (Å²) in [4.78, 5) is 28.1. The Kier molecular flexibility index (Phi) is 5.33. The van der Waals surface area contributed by atoms with Gasteiger partial charge in [-0.2, -0.15) is 5.10 Å². The van der Waals surface area contributed by atoms with E-state index in [2.05, 4.69) is 5.10 Å². The molecule has 5 rings (SSSR count). The Morgan fingerprint density at radius 1 is 1.12 bits per heavy atom. The molecule has 1 fully saturated rings. The molecule has 3 aromatic rings. The molecule has 2 amide bonds. The number of carboxylic acid groups (broad SMARTS) is 1. The second kappa shape index (κ2) is 8.32. The second-order valence-corrected chi connectivity index (χ2v) is 8.41. The van der Waals surface area contributed by atoms with Crippen molar-refractivity contribution in [1.82, 2.24) is 9.78 Å². The lowest BCUT2D eigenvalue weighted by atomic mass is 10.0. The Bertz CT molecular complexity index is 1210. The van der Waals surface area contributed by atoms with Crippen LogP contribution in [0.1, 0.15) is 18.5 Å². The fourth-order valence-corrected chi connectivity index (χ4v) is 4.29. The van der Waals surface area contributed by atoms with Gasteiger partial charge in [-0.15, -0.1) is 0 Å². The van der Waals surface area contributed by atoms with E-state index in [1.165, 1.54) is 17.0 Å². The average Bonchev–Trinajstić information content (AvgIpc) is 3.22. The highest BCUT2D eigenvalue weighted by Gasteiger charge is 2.35. The van der Waals surface area contributed by atoms with Gasteiger partial charge in [0.1, 0.15) is 5.82 Å². The first kappa shape index (κ1) is 21.1. The molecule has 0 saturated carbocycles. The van der Waals surface area contributed by atoms with E-state index in [0.29, 0.717) is 30.2 Å². The summed E-state index contributed by atoms with van der Waals surface area (Å²) >= 11 is 0. The lowest BCUT2D eigenvalue weighted by Gasteiger charge is -2.40. The fraction of sp³-hybridized carbons (Fsp3) is 0.292. The zero-order valence-electron chi connectivity index (χ0n) is 18.0. The van der Waals surface area contributed by atoms with Gasteiger partial charge in [0.05, 0.1) is 49.3 Å². The normalized spacial score (nSPS) is 18.1. The van der Waals surface area contributed by atoms with Crippen molar-refractivity contribution in [2.45, 2.75) is 25.4 Å². The average molecular weight is 450 g/mol. The summed E-state index contributed by atoms with van der Waals surface area (Å²) in [6, 6.07) is 11.1. The molecule has 1 aromatic heterocycles. The molecule has 8 nitrogen and oxygen atoms in total. The lowest BCUT2D eigenvalue weighted by Crippen LogP contribution is -2.52. The van der Waals surface area contributed by atoms with Gasteiger partial charge in [0.15, 0.2) is 0 Å². The van der Waals surface area contributed by atoms with Gasteiger partial charge >= 0.3 is 6.09 Å². The minimum absolute atomic E-state index is 0.0924. The van der Waals surface area contributed by atoms with Crippen molar-refractivity contribution in [2.75, 3.05) is 29.6 Å². The number of carbonyl (C=O) groups excluding carboxylic acids is 1. The van der Waals surface area contributed by atoms with Crippen LogP contribution < -0.4 is 9.80 Å². The predicted molar refractivity (Wildman–Crippen MR) is 120 cm³/mol. The number of ether oxygens (including phenoxy) is 1. The maximum atomic E-state index is 13.2. The third-order valence-corrected chi connectivity index (χ3v) is 6.11. The Labute approximate surface area is 189 Å². The molecule has 0 radical (unpaired) electrons. The van der Waals surface area contributed by atoms with Crippen LogP contribution in [0.15, 0.2) is 54.9 Å². The minimum atomic E-state index is -1.08. The van der Waals surface area contributed by atoms with Crippen molar-refractivity contribution in [1.29, 1.82) is 0 Å². The summed E-state index contributed by atoms with van der Waals surface area (Å²) in [7, 11) is 0. The van der Waals surface area contributed by atoms with E-state index in [1.54, 1.807) is 35.4 Å². The molecule has 1 atom stereocenters. The third-order valence-electron chi connectivity index (χ3n) is 6.11. The molecule has 9 heteroatoms. The molecule has 0 aliphatic carbocycles. The standard InChI is InChI=1S/C24H23FN4O4/c1-15-11-27(24(31)32)22-9-17(18-10-26-28(12-18)20-13-33-14-20)4-7-21(22)29(15)23(30)8-16-2-5-19(25)6-3-16/h2-7,9-10,12,15,20H,8,11,13-14H2,1H3,(H,31,32). The summed E-state index contributed by atoms with van der Waals surface area (Å²) in [5.74, 6) is -0.536. The number of hydrogen-bond donors (Lipinski definition) is 1. The SMILES string of the molecule is CC1CN(C(=O)O)c2cc(-c3cnn(C4COC4)c3)ccc2N1C(=O)Cc1ccc(F)cc1. The van der Waals surface area contributed by atoms with Gasteiger partial charge in [-0.05, 0) is 42.3 Å². The molecule has 0 bridgehead atoms. The molecular weight excluding hydrogens is 427 g/mol. The van der Waals surface area contributed by atoms with Gasteiger partial charge in [0.2, 0.25) is 5.91 Å². The maximum absolute atomic E-state index is 13.2. The van der Waals surface area contributed by atoms with E-state index in [1.807, 2.05) is 23.9 Å². The van der Waals surface area contributed by atoms with Crippen molar-refractivity contribution in [3.63, 3.8) is 0 Å². The first-order valence-corrected chi connectivity index (χ1v) is 10.7. The summed E-state index contributed by atoms with van der Waals surface area (Å²) < 4.78 is 20.3. The number of fused-ring (bicyclic) bond motifs is 1. The number of amides is 2. The van der Waals surface area contributed by atoms with Crippen LogP contribution in [0.25, 0.3) is 11.1 Å². The summed E-state index contributed by atoms with van der Waals surface area (Å²) in [6.07, 6.45) is 2.68. The quantitative estimate of drug-likeness (QED) is 0.655. The topological polar surface area (TPSA) is 87.9 Å². The molecule has 2 aromatic carbocycles. The van der Waals surface area contributed by atoms with Gasteiger partial charge in [0, 0.05) is 18.3 Å². The summed E-state index contributed by atoms with van der Waals surface area (Å²) in [6.45, 7) is 3.22. The minimum Gasteiger partial charge on any atom is -0.465 e. The van der Waals surface area contributed by atoms with E-state index < -0.39 is 6.09 Å². The van der Waals surface area contributed by atoms with E-state index in [-0.39, 0.29) is 36.8 Å². The highest BCUT2D eigenvalue weighted by Crippen LogP contribution is 2.39. The van der Waals surface area contributed by atoms with Crippen molar-refractivity contribution >= 4 is 23.4 Å². The smallest absolute Gasteiger partial charge is 0.411 e. The molecular formula is C24H23FN4O4. The summed E-state index contributed by atoms with van der Waals surface area (Å²) in [5.41, 5.74) is 3.35. The zero-order valence-corrected chi connectivity index (χ0v) is 18.0. The van der Waals surface area contributed by atoms with Gasteiger partial charge < -0.3 is 14.7 Å². The van der Waals surface area contributed by atoms with Crippen LogP contribution in [0.2, 0.25) is 0 Å². The van der Waals surface area contributed by atoms with Crippen LogP contribution in [0.4, 0.5) is 20.6 Å². The molecule has 2 aliphatic rings. The van der Waals surface area contributed by atoms with E-state index in [4.69, 9.17) is 4.74 Å². The third kappa shape index (κ3) is 3.95. The molecule has 2 aliphatic heterocycles. The van der Waals surface area contributed by atoms with Crippen molar-refractivity contribution in [3.05, 3.63) is 66.2 Å². The molecule has 33 heavy (non-hydrogen) atoms. The van der Waals surface area contributed by atoms with E-state index >= 15 is 0 Å². The molecule has 170 valence electrons. The number of anilines is 2. The maximum Gasteiger partial charge on any atom is 0.411 e. The lowest BCUT2D eigenvalue weighted by molar-refractivity contribution is -0.118. The first-order valence-electron chi connectivity index (χ1n) is 10.7. The van der Waals surface area contributed by atoms with E-state index in [9.17, 15) is 19.1 Å². The van der Waals surface area contributed by atoms with Crippen molar-refractivity contribution < 1.29 is 23.8 Å². The van der Waals surface area contributed by atoms with E-state index in [0.717, 1.165) is 11.1 Å². The van der Waals surface area contributed by atoms with Crippen LogP contribution in [0, 0.1) is 5.82 Å². The number of carbonyl (C=O) groups is 2. The second-order valence-electron chi connectivity index (χ2n) is 8.41. The van der Waals surface area contributed by atoms with Crippen LogP contribution in [-0.4, -0.2) is 52.7 Å². The number of halogens is 1. The van der Waals surface area contributed by atoms with Crippen LogP contribution >= 0.6 is 0 Å². The zero-order chi connectivity index (χ0) is 23.1. The van der Waals surface area contributed by atoms with Gasteiger partial charge in [-0.3, -0.25) is 14.4 Å².